The van der Waals surface area contributed by atoms with Gasteiger partial charge in [-0.1, -0.05) is 6.07 Å². The number of hydrogen-bond acceptors (Lipinski definition) is 8. The average Bonchev–Trinajstić information content (AvgIpc) is 2.93. The minimum absolute atomic E-state index is 0.000920. The molecule has 0 aliphatic rings. The number of fused-ring (bicyclic) bond motifs is 1. The first-order valence-corrected chi connectivity index (χ1v) is 7.29. The first-order valence-electron chi connectivity index (χ1n) is 5.85. The van der Waals surface area contributed by atoms with E-state index in [0.29, 0.717) is 0 Å². The first-order chi connectivity index (χ1) is 10.4. The van der Waals surface area contributed by atoms with Crippen LogP contribution >= 0.6 is 0 Å². The third kappa shape index (κ3) is 2.03. The zero-order valence-electron chi connectivity index (χ0n) is 10.8. The highest BCUT2D eigenvalue weighted by Crippen LogP contribution is 2.23. The van der Waals surface area contributed by atoms with Crippen molar-refractivity contribution in [3.05, 3.63) is 47.0 Å². The number of anilines is 1. The maximum absolute atomic E-state index is 12.6. The fourth-order valence-electron chi connectivity index (χ4n) is 1.88. The predicted octanol–water partition coefficient (Wildman–Crippen LogP) is 0.554. The number of non-ortho nitro benzene ring substituents is 1. The molecule has 0 spiro atoms. The maximum atomic E-state index is 12.6. The van der Waals surface area contributed by atoms with Gasteiger partial charge >= 0.3 is 0 Å². The van der Waals surface area contributed by atoms with Gasteiger partial charge in [-0.2, -0.15) is 0 Å². The van der Waals surface area contributed by atoms with E-state index >= 15 is 0 Å². The zero-order chi connectivity index (χ0) is 15.9. The quantitative estimate of drug-likeness (QED) is 0.543. The number of nitrogen functional groups attached to an aromatic ring is 1. The van der Waals surface area contributed by atoms with Gasteiger partial charge in [-0.05, 0) is 6.07 Å². The number of benzene rings is 1. The lowest BCUT2D eigenvalue weighted by molar-refractivity contribution is -0.385. The lowest BCUT2D eigenvalue weighted by atomic mass is 10.3. The monoisotopic (exact) mass is 320 g/mol. The second kappa shape index (κ2) is 4.73. The lowest BCUT2D eigenvalue weighted by Gasteiger charge is -2.05. The number of aromatic nitrogens is 4. The normalized spacial score (nSPS) is 11.6. The lowest BCUT2D eigenvalue weighted by Crippen LogP contribution is -2.13. The van der Waals surface area contributed by atoms with Gasteiger partial charge in [-0.15, -0.1) is 0 Å². The van der Waals surface area contributed by atoms with Gasteiger partial charge in [0.15, 0.2) is 17.0 Å². The van der Waals surface area contributed by atoms with E-state index in [-0.39, 0.29) is 27.6 Å². The van der Waals surface area contributed by atoms with Crippen LogP contribution in [-0.4, -0.2) is 32.3 Å². The molecular formula is C11H8N6O4S. The van der Waals surface area contributed by atoms with Crippen LogP contribution in [0, 0.1) is 10.1 Å². The van der Waals surface area contributed by atoms with Gasteiger partial charge in [-0.25, -0.2) is 27.3 Å². The van der Waals surface area contributed by atoms with Crippen LogP contribution in [-0.2, 0) is 10.0 Å². The first kappa shape index (κ1) is 13.9. The summed E-state index contributed by atoms with van der Waals surface area (Å²) in [5, 5.41) is 10.8. The zero-order valence-corrected chi connectivity index (χ0v) is 11.6. The molecule has 3 rings (SSSR count). The Balaban J connectivity index is 2.23. The SMILES string of the molecule is Nc1ncnc2c1ncn2S(=O)(=O)c1cccc([N+](=O)[O-])c1. The van der Waals surface area contributed by atoms with E-state index in [2.05, 4.69) is 15.0 Å². The molecule has 0 radical (unpaired) electrons. The second-order valence-electron chi connectivity index (χ2n) is 4.23. The van der Waals surface area contributed by atoms with E-state index in [1.807, 2.05) is 0 Å². The number of nitro benzene ring substituents is 1. The van der Waals surface area contributed by atoms with E-state index < -0.39 is 14.9 Å². The Morgan fingerprint density at radius 1 is 1.23 bits per heavy atom. The van der Waals surface area contributed by atoms with Crippen LogP contribution in [0.2, 0.25) is 0 Å². The molecule has 0 aliphatic heterocycles. The number of nitrogens with zero attached hydrogens (tertiary/aromatic N) is 5. The van der Waals surface area contributed by atoms with E-state index in [1.54, 1.807) is 0 Å². The summed E-state index contributed by atoms with van der Waals surface area (Å²) in [6, 6.07) is 4.70. The van der Waals surface area contributed by atoms with Crippen molar-refractivity contribution in [1.82, 2.24) is 18.9 Å². The van der Waals surface area contributed by atoms with Gasteiger partial charge in [0.05, 0.1) is 9.82 Å². The van der Waals surface area contributed by atoms with Crippen LogP contribution in [0.15, 0.2) is 41.8 Å². The van der Waals surface area contributed by atoms with Crippen molar-refractivity contribution in [2.45, 2.75) is 4.90 Å². The van der Waals surface area contributed by atoms with Crippen LogP contribution in [0.5, 0.6) is 0 Å². The summed E-state index contributed by atoms with van der Waals surface area (Å²) in [6.07, 6.45) is 2.14. The molecule has 0 fully saturated rings. The minimum atomic E-state index is -4.09. The smallest absolute Gasteiger partial charge is 0.270 e. The standard InChI is InChI=1S/C11H8N6O4S/c12-10-9-11(14-5-13-10)16(6-15-9)22(20,21)8-3-1-2-7(4-8)17(18)19/h1-6H,(H2,12,13,14). The Morgan fingerprint density at radius 3 is 2.73 bits per heavy atom. The third-order valence-electron chi connectivity index (χ3n) is 2.92. The number of imidazole rings is 1. The van der Waals surface area contributed by atoms with Gasteiger partial charge in [0.1, 0.15) is 12.7 Å². The van der Waals surface area contributed by atoms with Crippen LogP contribution < -0.4 is 5.73 Å². The molecule has 0 aliphatic carbocycles. The van der Waals surface area contributed by atoms with Gasteiger partial charge < -0.3 is 5.73 Å². The summed E-state index contributed by atoms with van der Waals surface area (Å²) < 4.78 is 26.0. The highest BCUT2D eigenvalue weighted by atomic mass is 32.2. The van der Waals surface area contributed by atoms with Crippen molar-refractivity contribution in [3.63, 3.8) is 0 Å². The van der Waals surface area contributed by atoms with E-state index in [1.165, 1.54) is 18.2 Å². The van der Waals surface area contributed by atoms with Gasteiger partial charge in [0.2, 0.25) is 0 Å². The second-order valence-corrected chi connectivity index (χ2v) is 6.05. The maximum Gasteiger partial charge on any atom is 0.270 e. The third-order valence-corrected chi connectivity index (χ3v) is 4.55. The van der Waals surface area contributed by atoms with Crippen LogP contribution in [0.3, 0.4) is 0 Å². The molecule has 0 saturated heterocycles. The fourth-order valence-corrected chi connectivity index (χ4v) is 3.16. The molecule has 0 saturated carbocycles. The van der Waals surface area contributed by atoms with Gasteiger partial charge in [0.25, 0.3) is 15.7 Å². The summed E-state index contributed by atoms with van der Waals surface area (Å²) >= 11 is 0. The molecule has 0 atom stereocenters. The molecule has 0 amide bonds. The molecule has 22 heavy (non-hydrogen) atoms. The summed E-state index contributed by atoms with van der Waals surface area (Å²) in [6.45, 7) is 0. The van der Waals surface area contributed by atoms with Gasteiger partial charge in [-0.3, -0.25) is 10.1 Å². The van der Waals surface area contributed by atoms with Crippen molar-refractivity contribution in [2.75, 3.05) is 5.73 Å². The van der Waals surface area contributed by atoms with Crippen molar-refractivity contribution in [3.8, 4) is 0 Å². The molecule has 1 aromatic carbocycles. The molecule has 10 nitrogen and oxygen atoms in total. The summed E-state index contributed by atoms with van der Waals surface area (Å²) in [7, 11) is -4.09. The average molecular weight is 320 g/mol. The molecule has 2 N–H and O–H groups in total. The Labute approximate surface area is 123 Å². The minimum Gasteiger partial charge on any atom is -0.382 e. The van der Waals surface area contributed by atoms with Crippen molar-refractivity contribution < 1.29 is 13.3 Å². The summed E-state index contributed by atoms with van der Waals surface area (Å²) in [4.78, 5) is 21.3. The molecular weight excluding hydrogens is 312 g/mol. The molecule has 2 aromatic heterocycles. The van der Waals surface area contributed by atoms with E-state index in [9.17, 15) is 18.5 Å². The molecule has 11 heteroatoms. The Kier molecular flexibility index (Phi) is 2.99. The fraction of sp³-hybridized carbons (Fsp3) is 0. The topological polar surface area (TPSA) is 147 Å². The predicted molar refractivity (Wildman–Crippen MR) is 75.4 cm³/mol. The number of hydrogen-bond donors (Lipinski definition) is 1. The Morgan fingerprint density at radius 2 is 2.00 bits per heavy atom. The van der Waals surface area contributed by atoms with Crippen molar-refractivity contribution in [1.29, 1.82) is 0 Å². The summed E-state index contributed by atoms with van der Waals surface area (Å²) in [5.41, 5.74) is 5.41. The van der Waals surface area contributed by atoms with Crippen LogP contribution in [0.1, 0.15) is 0 Å². The largest absolute Gasteiger partial charge is 0.382 e. The van der Waals surface area contributed by atoms with Crippen LogP contribution in [0.4, 0.5) is 11.5 Å². The van der Waals surface area contributed by atoms with E-state index in [4.69, 9.17) is 5.73 Å². The highest BCUT2D eigenvalue weighted by Gasteiger charge is 2.23. The highest BCUT2D eigenvalue weighted by molar-refractivity contribution is 7.90. The van der Waals surface area contributed by atoms with Crippen molar-refractivity contribution >= 4 is 32.7 Å². The molecule has 2 heterocycles. The van der Waals surface area contributed by atoms with Crippen LogP contribution in [0.25, 0.3) is 11.2 Å². The Hall–Kier alpha value is -3.08. The number of nitro groups is 1. The Bertz CT molecular complexity index is 997. The number of rotatable bonds is 3. The molecule has 0 bridgehead atoms. The van der Waals surface area contributed by atoms with Gasteiger partial charge in [0, 0.05) is 12.1 Å². The summed E-state index contributed by atoms with van der Waals surface area (Å²) in [5.74, 6) is 0.0398. The molecule has 0 unspecified atom stereocenters. The molecule has 112 valence electrons. The number of nitrogens with two attached hydrogens (primary N) is 1. The van der Waals surface area contributed by atoms with E-state index in [0.717, 1.165) is 22.7 Å². The molecule has 3 aromatic rings. The van der Waals surface area contributed by atoms with Crippen molar-refractivity contribution in [2.24, 2.45) is 0 Å².